The smallest absolute Gasteiger partial charge is 0.114 e. The van der Waals surface area contributed by atoms with Crippen LogP contribution in [0.15, 0.2) is 42.2 Å². The van der Waals surface area contributed by atoms with E-state index in [9.17, 15) is 0 Å². The predicted molar refractivity (Wildman–Crippen MR) is 88.3 cm³/mol. The first-order valence-corrected chi connectivity index (χ1v) is 7.84. The van der Waals surface area contributed by atoms with E-state index in [0.717, 1.165) is 27.3 Å². The minimum Gasteiger partial charge on any atom is -0.322 e. The van der Waals surface area contributed by atoms with E-state index in [2.05, 4.69) is 53.3 Å². The maximum atomic E-state index is 4.37. The molecule has 0 fully saturated rings. The Morgan fingerprint density at radius 3 is 2.70 bits per heavy atom. The molecule has 0 amide bonds. The average Bonchev–Trinajstić information content (AvgIpc) is 3.15. The van der Waals surface area contributed by atoms with Crippen LogP contribution in [0.2, 0.25) is 0 Å². The molecule has 0 atom stereocenters. The van der Waals surface area contributed by atoms with Gasteiger partial charge in [-0.3, -0.25) is 4.98 Å². The summed E-state index contributed by atoms with van der Waals surface area (Å²) in [7, 11) is 0. The topological polar surface area (TPSA) is 43.6 Å². The zero-order chi connectivity index (χ0) is 15.1. The van der Waals surface area contributed by atoms with Crippen molar-refractivity contribution in [3.05, 3.63) is 59.4 Å². The van der Waals surface area contributed by atoms with E-state index in [-0.39, 0.29) is 20.1 Å². The van der Waals surface area contributed by atoms with Crippen LogP contribution in [0.1, 0.15) is 11.1 Å². The SMILES string of the molecule is Cc1cccc(C)c1-n1cnnc1-c1[c-]ccc2ncsc12.[Ir]. The van der Waals surface area contributed by atoms with E-state index in [1.807, 2.05) is 22.2 Å². The van der Waals surface area contributed by atoms with Crippen LogP contribution < -0.4 is 0 Å². The van der Waals surface area contributed by atoms with Crippen molar-refractivity contribution in [2.45, 2.75) is 13.8 Å². The molecule has 1 radical (unpaired) electrons. The molecule has 117 valence electrons. The van der Waals surface area contributed by atoms with Crippen LogP contribution >= 0.6 is 11.3 Å². The van der Waals surface area contributed by atoms with Gasteiger partial charge in [-0.15, -0.1) is 23.3 Å². The van der Waals surface area contributed by atoms with Crippen molar-refractivity contribution in [1.82, 2.24) is 19.7 Å². The second kappa shape index (κ2) is 6.32. The van der Waals surface area contributed by atoms with Gasteiger partial charge in [0.2, 0.25) is 0 Å². The summed E-state index contributed by atoms with van der Waals surface area (Å²) in [5, 5.41) is 8.46. The molecular formula is C17H13IrN4S-. The van der Waals surface area contributed by atoms with E-state index in [0.29, 0.717) is 0 Å². The number of benzene rings is 2. The minimum absolute atomic E-state index is 0. The maximum Gasteiger partial charge on any atom is 0.114 e. The van der Waals surface area contributed by atoms with Gasteiger partial charge in [-0.25, -0.2) is 0 Å². The Labute approximate surface area is 151 Å². The molecule has 0 aliphatic rings. The van der Waals surface area contributed by atoms with Crippen LogP contribution in [0.3, 0.4) is 0 Å². The van der Waals surface area contributed by atoms with Crippen molar-refractivity contribution in [3.63, 3.8) is 0 Å². The Morgan fingerprint density at radius 2 is 1.91 bits per heavy atom. The van der Waals surface area contributed by atoms with Crippen LogP contribution in [0.25, 0.3) is 27.3 Å². The van der Waals surface area contributed by atoms with Gasteiger partial charge in [-0.2, -0.15) is 16.4 Å². The summed E-state index contributed by atoms with van der Waals surface area (Å²) < 4.78 is 3.12. The minimum atomic E-state index is 0. The van der Waals surface area contributed by atoms with E-state index < -0.39 is 0 Å². The number of aryl methyl sites for hydroxylation is 2. The van der Waals surface area contributed by atoms with Gasteiger partial charge in [0.15, 0.2) is 0 Å². The normalized spacial score (nSPS) is 10.7. The van der Waals surface area contributed by atoms with Gasteiger partial charge >= 0.3 is 0 Å². The Bertz CT molecular complexity index is 953. The van der Waals surface area contributed by atoms with Crippen molar-refractivity contribution >= 4 is 21.6 Å². The summed E-state index contributed by atoms with van der Waals surface area (Å²) >= 11 is 1.60. The number of hydrogen-bond donors (Lipinski definition) is 0. The van der Waals surface area contributed by atoms with Crippen LogP contribution in [-0.2, 0) is 20.1 Å². The summed E-state index contributed by atoms with van der Waals surface area (Å²) in [6, 6.07) is 13.4. The molecule has 4 nitrogen and oxygen atoms in total. The Hall–Kier alpha value is -1.88. The Kier molecular flexibility index (Phi) is 4.39. The molecule has 2 aromatic heterocycles. The summed E-state index contributed by atoms with van der Waals surface area (Å²) in [5.74, 6) is 0.798. The van der Waals surface area contributed by atoms with Crippen LogP contribution in [0, 0.1) is 19.9 Å². The van der Waals surface area contributed by atoms with Crippen molar-refractivity contribution in [3.8, 4) is 17.1 Å². The molecule has 0 aliphatic carbocycles. The molecule has 0 aliphatic heterocycles. The molecule has 0 N–H and O–H groups in total. The van der Waals surface area contributed by atoms with Crippen molar-refractivity contribution in [2.24, 2.45) is 0 Å². The monoisotopic (exact) mass is 498 g/mol. The molecule has 2 heterocycles. The Morgan fingerprint density at radius 1 is 1.13 bits per heavy atom. The molecule has 4 rings (SSSR count). The quantitative estimate of drug-likeness (QED) is 0.394. The standard InChI is InChI=1S/C17H13N4S.Ir/c1-11-5-3-6-12(2)15(11)21-9-19-20-17(21)13-7-4-8-14-16(13)22-10-18-14;/h3-6,8-10H,1-2H3;/q-1;. The van der Waals surface area contributed by atoms with E-state index in [4.69, 9.17) is 0 Å². The fourth-order valence-corrected chi connectivity index (χ4v) is 3.53. The third kappa shape index (κ3) is 2.63. The number of rotatable bonds is 2. The fourth-order valence-electron chi connectivity index (χ4n) is 2.75. The average molecular weight is 498 g/mol. The van der Waals surface area contributed by atoms with Crippen LogP contribution in [0.5, 0.6) is 0 Å². The van der Waals surface area contributed by atoms with Gasteiger partial charge in [-0.05, 0) is 35.2 Å². The van der Waals surface area contributed by atoms with E-state index >= 15 is 0 Å². The molecule has 6 heteroatoms. The first-order chi connectivity index (χ1) is 10.8. The molecule has 0 bridgehead atoms. The van der Waals surface area contributed by atoms with Gasteiger partial charge in [0.05, 0.1) is 11.3 Å². The van der Waals surface area contributed by atoms with Gasteiger partial charge in [0, 0.05) is 25.8 Å². The van der Waals surface area contributed by atoms with Gasteiger partial charge in [0.25, 0.3) is 0 Å². The van der Waals surface area contributed by atoms with Crippen LogP contribution in [-0.4, -0.2) is 19.7 Å². The largest absolute Gasteiger partial charge is 0.322 e. The van der Waals surface area contributed by atoms with Gasteiger partial charge < -0.3 is 4.57 Å². The third-order valence-electron chi connectivity index (χ3n) is 3.74. The van der Waals surface area contributed by atoms with Gasteiger partial charge in [-0.1, -0.05) is 23.8 Å². The Balaban J connectivity index is 0.00000156. The summed E-state index contributed by atoms with van der Waals surface area (Å²) in [6.45, 7) is 4.20. The van der Waals surface area contributed by atoms with Crippen molar-refractivity contribution in [2.75, 3.05) is 0 Å². The zero-order valence-electron chi connectivity index (χ0n) is 12.6. The molecule has 0 saturated carbocycles. The molecule has 2 aromatic carbocycles. The first kappa shape index (κ1) is 16.0. The summed E-state index contributed by atoms with van der Waals surface area (Å²) in [4.78, 5) is 4.37. The molecule has 4 aromatic rings. The first-order valence-electron chi connectivity index (χ1n) is 6.96. The van der Waals surface area contributed by atoms with Crippen LogP contribution in [0.4, 0.5) is 0 Å². The number of fused-ring (bicyclic) bond motifs is 1. The number of thiazole rings is 1. The fraction of sp³-hybridized carbons (Fsp3) is 0.118. The number of para-hydroxylation sites is 1. The maximum absolute atomic E-state index is 4.37. The summed E-state index contributed by atoms with van der Waals surface area (Å²) in [6.07, 6.45) is 1.76. The van der Waals surface area contributed by atoms with Crippen molar-refractivity contribution in [1.29, 1.82) is 0 Å². The molecule has 23 heavy (non-hydrogen) atoms. The molecule has 0 saturated heterocycles. The summed E-state index contributed by atoms with van der Waals surface area (Å²) in [5.41, 5.74) is 7.27. The molecule has 0 unspecified atom stereocenters. The molecular weight excluding hydrogens is 484 g/mol. The number of hydrogen-bond acceptors (Lipinski definition) is 4. The van der Waals surface area contributed by atoms with Gasteiger partial charge in [0.1, 0.15) is 6.33 Å². The van der Waals surface area contributed by atoms with E-state index in [1.54, 1.807) is 17.7 Å². The predicted octanol–water partition coefficient (Wildman–Crippen LogP) is 3.96. The molecule has 0 spiro atoms. The second-order valence-electron chi connectivity index (χ2n) is 5.18. The second-order valence-corrected chi connectivity index (χ2v) is 6.04. The third-order valence-corrected chi connectivity index (χ3v) is 4.60. The number of nitrogens with zero attached hydrogens (tertiary/aromatic N) is 4. The zero-order valence-corrected chi connectivity index (χ0v) is 15.8. The van der Waals surface area contributed by atoms with E-state index in [1.165, 1.54) is 11.1 Å². The van der Waals surface area contributed by atoms with Crippen molar-refractivity contribution < 1.29 is 20.1 Å². The number of aromatic nitrogens is 4.